The highest BCUT2D eigenvalue weighted by Crippen LogP contribution is 2.43. The number of allylic oxidation sites excluding steroid dienone is 16. The van der Waals surface area contributed by atoms with Gasteiger partial charge in [-0.15, -0.1) is 0 Å². The number of rotatable bonds is 49. The molecule has 3 unspecified atom stereocenters. The summed E-state index contributed by atoms with van der Waals surface area (Å²) < 4.78 is 39.3. The van der Waals surface area contributed by atoms with Gasteiger partial charge < -0.3 is 24.2 Å². The summed E-state index contributed by atoms with van der Waals surface area (Å²) in [5.74, 6) is -1.59. The third kappa shape index (κ3) is 49.4. The van der Waals surface area contributed by atoms with Crippen molar-refractivity contribution >= 4 is 25.7 Å². The summed E-state index contributed by atoms with van der Waals surface area (Å²) in [6.45, 7) is 4.28. The molecule has 3 atom stereocenters. The largest absolute Gasteiger partial charge is 0.472 e. The molecule has 0 fully saturated rings. The number of carbonyl (C=O) groups excluding carboxylic acids is 3. The Bertz CT molecular complexity index is 1540. The maximum absolute atomic E-state index is 12.9. The van der Waals surface area contributed by atoms with Gasteiger partial charge in [0, 0.05) is 19.3 Å². The Kier molecular flexibility index (Phi) is 49.1. The van der Waals surface area contributed by atoms with E-state index in [1.165, 1.54) is 38.5 Å². The van der Waals surface area contributed by atoms with Gasteiger partial charge in [-0.25, -0.2) is 4.57 Å². The van der Waals surface area contributed by atoms with Crippen molar-refractivity contribution < 1.29 is 52.2 Å². The minimum atomic E-state index is -4.77. The Morgan fingerprint density at radius 2 is 0.771 bits per heavy atom. The van der Waals surface area contributed by atoms with Gasteiger partial charge in [0.2, 0.25) is 0 Å². The van der Waals surface area contributed by atoms with Crippen LogP contribution in [-0.4, -0.2) is 66.5 Å². The number of hydrogen-bond donors (Lipinski definition) is 2. The standard InChI is InChI=1S/C58H97O11P/c1-4-7-10-13-16-19-22-25-27-30-32-35-38-41-44-47-56(60)65-51-55(69-58(62)49-46-43-40-37-34-31-28-26-23-20-17-14-11-8-5-2)53-67-70(63,64)66-52-54(50-59)68-57(61)48-45-42-39-36-33-29-24-21-18-15-12-9-6-3/h8-9,11-12,17-18,20-21,25-29,33,39,42,54-55,59H,4-7,10,13-16,19,22-24,30-32,34-38,40-41,43-53H2,1-3H3,(H,63,64)/b11-8-,12-9-,20-17-,21-18-,27-25-,28-26-,33-29-,42-39-. The molecule has 0 bridgehead atoms. The highest BCUT2D eigenvalue weighted by Gasteiger charge is 2.28. The zero-order valence-corrected chi connectivity index (χ0v) is 44.8. The van der Waals surface area contributed by atoms with Crippen LogP contribution in [0.25, 0.3) is 0 Å². The van der Waals surface area contributed by atoms with Crippen LogP contribution in [0.4, 0.5) is 0 Å². The van der Waals surface area contributed by atoms with Crippen LogP contribution in [0, 0.1) is 0 Å². The van der Waals surface area contributed by atoms with E-state index in [0.29, 0.717) is 19.3 Å². The monoisotopic (exact) mass is 1000 g/mol. The molecule has 0 aliphatic carbocycles. The van der Waals surface area contributed by atoms with Crippen LogP contribution >= 0.6 is 7.82 Å². The van der Waals surface area contributed by atoms with Crippen LogP contribution < -0.4 is 0 Å². The van der Waals surface area contributed by atoms with Crippen molar-refractivity contribution in [1.82, 2.24) is 0 Å². The molecule has 0 spiro atoms. The molecule has 70 heavy (non-hydrogen) atoms. The van der Waals surface area contributed by atoms with Gasteiger partial charge in [-0.1, -0.05) is 189 Å². The number of phosphoric acid groups is 1. The van der Waals surface area contributed by atoms with Gasteiger partial charge in [-0.2, -0.15) is 0 Å². The summed E-state index contributed by atoms with van der Waals surface area (Å²) in [4.78, 5) is 48.4. The number of esters is 3. The molecule has 0 aromatic rings. The molecule has 0 radical (unpaired) electrons. The van der Waals surface area contributed by atoms with Gasteiger partial charge in [0.05, 0.1) is 19.8 Å². The third-order valence-corrected chi connectivity index (χ3v) is 11.9. The molecule has 0 saturated carbocycles. The van der Waals surface area contributed by atoms with Gasteiger partial charge >= 0.3 is 25.7 Å². The summed E-state index contributed by atoms with van der Waals surface area (Å²) in [6, 6.07) is 0. The van der Waals surface area contributed by atoms with Crippen molar-refractivity contribution in [3.05, 3.63) is 97.2 Å². The molecule has 0 rings (SSSR count). The van der Waals surface area contributed by atoms with E-state index in [1.54, 1.807) is 0 Å². The molecule has 0 aromatic heterocycles. The molecule has 0 aliphatic rings. The molecule has 12 heteroatoms. The molecule has 0 saturated heterocycles. The first kappa shape index (κ1) is 66.4. The molecule has 11 nitrogen and oxygen atoms in total. The van der Waals surface area contributed by atoms with Crippen molar-refractivity contribution in [3.63, 3.8) is 0 Å². The normalized spacial score (nSPS) is 14.2. The lowest BCUT2D eigenvalue weighted by molar-refractivity contribution is -0.161. The van der Waals surface area contributed by atoms with Crippen LogP contribution in [0.2, 0.25) is 0 Å². The van der Waals surface area contributed by atoms with Crippen molar-refractivity contribution in [2.75, 3.05) is 26.4 Å². The van der Waals surface area contributed by atoms with Crippen molar-refractivity contribution in [2.45, 2.75) is 226 Å². The van der Waals surface area contributed by atoms with Gasteiger partial charge in [-0.3, -0.25) is 23.4 Å². The second-order valence-corrected chi connectivity index (χ2v) is 19.1. The van der Waals surface area contributed by atoms with E-state index in [9.17, 15) is 28.9 Å². The number of phosphoric ester groups is 1. The van der Waals surface area contributed by atoms with E-state index in [4.69, 9.17) is 23.3 Å². The first-order valence-electron chi connectivity index (χ1n) is 27.1. The predicted molar refractivity (Wildman–Crippen MR) is 288 cm³/mol. The molecule has 0 amide bonds. The van der Waals surface area contributed by atoms with Crippen LogP contribution in [0.3, 0.4) is 0 Å². The fraction of sp³-hybridized carbons (Fsp3) is 0.672. The Morgan fingerprint density at radius 1 is 0.414 bits per heavy atom. The second kappa shape index (κ2) is 51.7. The van der Waals surface area contributed by atoms with E-state index >= 15 is 0 Å². The van der Waals surface area contributed by atoms with Crippen LogP contribution in [0.15, 0.2) is 97.2 Å². The van der Waals surface area contributed by atoms with Gasteiger partial charge in [-0.05, 0) is 103 Å². The Balaban J connectivity index is 4.85. The lowest BCUT2D eigenvalue weighted by Gasteiger charge is -2.21. The average Bonchev–Trinajstić information content (AvgIpc) is 3.35. The minimum Gasteiger partial charge on any atom is -0.462 e. The number of ether oxygens (including phenoxy) is 3. The van der Waals surface area contributed by atoms with Crippen LogP contribution in [0.5, 0.6) is 0 Å². The first-order chi connectivity index (χ1) is 34.2. The molecule has 2 N–H and O–H groups in total. The van der Waals surface area contributed by atoms with E-state index in [-0.39, 0.29) is 25.9 Å². The maximum Gasteiger partial charge on any atom is 0.472 e. The van der Waals surface area contributed by atoms with Crippen molar-refractivity contribution in [3.8, 4) is 0 Å². The quantitative estimate of drug-likeness (QED) is 0.0197. The summed E-state index contributed by atoms with van der Waals surface area (Å²) in [6.07, 6.45) is 59.6. The molecular formula is C58H97O11P. The molecular weight excluding hydrogens is 904 g/mol. The third-order valence-electron chi connectivity index (χ3n) is 11.0. The van der Waals surface area contributed by atoms with E-state index < -0.39 is 57.8 Å². The Morgan fingerprint density at radius 3 is 1.24 bits per heavy atom. The highest BCUT2D eigenvalue weighted by atomic mass is 31.2. The summed E-state index contributed by atoms with van der Waals surface area (Å²) in [7, 11) is -4.77. The molecule has 0 aromatic carbocycles. The fourth-order valence-corrected chi connectivity index (χ4v) is 7.69. The maximum atomic E-state index is 12.9. The predicted octanol–water partition coefficient (Wildman–Crippen LogP) is 15.7. The lowest BCUT2D eigenvalue weighted by atomic mass is 10.1. The minimum absolute atomic E-state index is 0.0504. The average molecular weight is 1000 g/mol. The Labute approximate surface area is 425 Å². The number of hydrogen-bond acceptors (Lipinski definition) is 10. The van der Waals surface area contributed by atoms with E-state index in [1.807, 2.05) is 18.2 Å². The fourth-order valence-electron chi connectivity index (χ4n) is 6.91. The van der Waals surface area contributed by atoms with E-state index in [0.717, 1.165) is 116 Å². The second-order valence-electron chi connectivity index (χ2n) is 17.6. The van der Waals surface area contributed by atoms with Crippen LogP contribution in [0.1, 0.15) is 213 Å². The zero-order valence-electron chi connectivity index (χ0n) is 43.9. The SMILES string of the molecule is CC/C=C\C/C=C\C/C=C\C/C=C\CCC(=O)OC(CO)COP(=O)(O)OCC(COC(=O)CCCCCCC/C=C\CCCCCCCC)OC(=O)CCCCCCC/C=C\C/C=C\C/C=C\CC. The van der Waals surface area contributed by atoms with Gasteiger partial charge in [0.25, 0.3) is 0 Å². The summed E-state index contributed by atoms with van der Waals surface area (Å²) in [5, 5.41) is 9.77. The zero-order chi connectivity index (χ0) is 51.3. The first-order valence-corrected chi connectivity index (χ1v) is 28.6. The molecule has 400 valence electrons. The van der Waals surface area contributed by atoms with E-state index in [2.05, 4.69) is 99.8 Å². The summed E-state index contributed by atoms with van der Waals surface area (Å²) in [5.41, 5.74) is 0. The topological polar surface area (TPSA) is 155 Å². The number of aliphatic hydroxyl groups is 1. The number of aliphatic hydroxyl groups excluding tert-OH is 1. The summed E-state index contributed by atoms with van der Waals surface area (Å²) >= 11 is 0. The smallest absolute Gasteiger partial charge is 0.462 e. The van der Waals surface area contributed by atoms with Gasteiger partial charge in [0.15, 0.2) is 6.10 Å². The number of unbranched alkanes of at least 4 members (excludes halogenated alkanes) is 16. The van der Waals surface area contributed by atoms with Crippen LogP contribution in [-0.2, 0) is 42.2 Å². The van der Waals surface area contributed by atoms with Gasteiger partial charge in [0.1, 0.15) is 12.7 Å². The van der Waals surface area contributed by atoms with Crippen molar-refractivity contribution in [1.29, 1.82) is 0 Å². The van der Waals surface area contributed by atoms with Crippen molar-refractivity contribution in [2.24, 2.45) is 0 Å². The lowest BCUT2D eigenvalue weighted by Crippen LogP contribution is -2.30. The Hall–Kier alpha value is -3.60. The molecule has 0 heterocycles. The highest BCUT2D eigenvalue weighted by molar-refractivity contribution is 7.47. The molecule has 0 aliphatic heterocycles. The number of carbonyl (C=O) groups is 3.